The van der Waals surface area contributed by atoms with Gasteiger partial charge < -0.3 is 14.6 Å². The number of hydrogen-bond donors (Lipinski definition) is 1. The van der Waals surface area contributed by atoms with Gasteiger partial charge in [-0.05, 0) is 43.2 Å². The second-order valence-electron chi connectivity index (χ2n) is 7.18. The van der Waals surface area contributed by atoms with Crippen molar-refractivity contribution in [2.45, 2.75) is 18.9 Å². The first-order chi connectivity index (χ1) is 14.5. The Morgan fingerprint density at radius 3 is 2.80 bits per heavy atom. The van der Waals surface area contributed by atoms with Crippen LogP contribution < -0.4 is 4.74 Å². The first kappa shape index (κ1) is 20.1. The zero-order valence-electron chi connectivity index (χ0n) is 16.0. The number of halogens is 1. The Hall–Kier alpha value is -3.14. The maximum Gasteiger partial charge on any atom is 0.306 e. The van der Waals surface area contributed by atoms with Crippen molar-refractivity contribution < 1.29 is 19.4 Å². The van der Waals surface area contributed by atoms with Crippen LogP contribution in [0.1, 0.15) is 18.4 Å². The van der Waals surface area contributed by atoms with Crippen LogP contribution in [0.3, 0.4) is 0 Å². The smallest absolute Gasteiger partial charge is 0.306 e. The lowest BCUT2D eigenvalue weighted by atomic mass is 9.82. The fourth-order valence-corrected chi connectivity index (χ4v) is 3.69. The molecular weight excluding hydrogens is 404 g/mol. The number of benzene rings is 2. The largest absolute Gasteiger partial charge is 0.491 e. The quantitative estimate of drug-likeness (QED) is 0.555. The van der Waals surface area contributed by atoms with E-state index in [0.29, 0.717) is 59.2 Å². The lowest BCUT2D eigenvalue weighted by Crippen LogP contribution is -2.36. The Balaban J connectivity index is 1.40. The number of pyridine rings is 1. The SMILES string of the molecule is N#Cc1cc(OCCOC2CC(C(=O)O)C2)ccc1-c1ccc2cccc(Cl)c2n1. The molecule has 1 saturated carbocycles. The van der Waals surface area contributed by atoms with Crippen LogP contribution in [0.2, 0.25) is 5.02 Å². The highest BCUT2D eigenvalue weighted by Gasteiger charge is 2.34. The molecule has 1 aliphatic carbocycles. The van der Waals surface area contributed by atoms with Gasteiger partial charge in [0.1, 0.15) is 12.4 Å². The minimum absolute atomic E-state index is 0.0162. The molecule has 4 rings (SSSR count). The average Bonchev–Trinajstić information content (AvgIpc) is 2.72. The summed E-state index contributed by atoms with van der Waals surface area (Å²) in [6.45, 7) is 0.688. The van der Waals surface area contributed by atoms with E-state index in [0.717, 1.165) is 5.39 Å². The third-order valence-corrected chi connectivity index (χ3v) is 5.51. The van der Waals surface area contributed by atoms with Crippen LogP contribution in [0.15, 0.2) is 48.5 Å². The van der Waals surface area contributed by atoms with Gasteiger partial charge >= 0.3 is 5.97 Å². The van der Waals surface area contributed by atoms with Gasteiger partial charge in [-0.1, -0.05) is 29.8 Å². The number of hydrogen-bond acceptors (Lipinski definition) is 5. The molecule has 1 heterocycles. The maximum absolute atomic E-state index is 10.8. The molecule has 1 aromatic heterocycles. The summed E-state index contributed by atoms with van der Waals surface area (Å²) in [4.78, 5) is 15.4. The molecule has 2 aromatic carbocycles. The molecule has 0 amide bonds. The van der Waals surface area contributed by atoms with Crippen molar-refractivity contribution in [3.63, 3.8) is 0 Å². The molecule has 0 bridgehead atoms. The minimum atomic E-state index is -0.765. The molecule has 0 unspecified atom stereocenters. The van der Waals surface area contributed by atoms with Gasteiger partial charge in [0.15, 0.2) is 0 Å². The van der Waals surface area contributed by atoms with Crippen LogP contribution in [0.25, 0.3) is 22.2 Å². The summed E-state index contributed by atoms with van der Waals surface area (Å²) in [5.74, 6) is -0.492. The van der Waals surface area contributed by atoms with Crippen molar-refractivity contribution in [1.82, 2.24) is 4.98 Å². The molecular formula is C23H19ClN2O4. The molecule has 1 N–H and O–H groups in total. The fourth-order valence-electron chi connectivity index (χ4n) is 3.47. The molecule has 30 heavy (non-hydrogen) atoms. The predicted octanol–water partition coefficient (Wildman–Crippen LogP) is 4.69. The van der Waals surface area contributed by atoms with E-state index in [1.165, 1.54) is 0 Å². The summed E-state index contributed by atoms with van der Waals surface area (Å²) in [7, 11) is 0. The minimum Gasteiger partial charge on any atom is -0.491 e. The molecule has 152 valence electrons. The summed E-state index contributed by atoms with van der Waals surface area (Å²) in [6.07, 6.45) is 1.08. The molecule has 0 saturated heterocycles. The second kappa shape index (κ2) is 8.70. The zero-order valence-corrected chi connectivity index (χ0v) is 16.8. The normalized spacial score (nSPS) is 17.9. The number of aliphatic carboxylic acids is 1. The van der Waals surface area contributed by atoms with E-state index in [2.05, 4.69) is 11.1 Å². The van der Waals surface area contributed by atoms with Gasteiger partial charge in [0, 0.05) is 10.9 Å². The number of carboxylic acids is 1. The van der Waals surface area contributed by atoms with E-state index in [9.17, 15) is 10.1 Å². The van der Waals surface area contributed by atoms with Crippen LogP contribution in [-0.4, -0.2) is 35.4 Å². The highest BCUT2D eigenvalue weighted by atomic mass is 35.5. The first-order valence-electron chi connectivity index (χ1n) is 9.62. The summed E-state index contributed by atoms with van der Waals surface area (Å²) >= 11 is 6.26. The lowest BCUT2D eigenvalue weighted by molar-refractivity contribution is -0.151. The van der Waals surface area contributed by atoms with Crippen molar-refractivity contribution in [1.29, 1.82) is 5.26 Å². The standard InChI is InChI=1S/C23H19ClN2O4/c24-20-3-1-2-14-4-7-21(26-22(14)20)19-6-5-17(12-16(19)13-25)29-8-9-30-18-10-15(11-18)23(27)28/h1-7,12,15,18H,8-11H2,(H,27,28). The average molecular weight is 423 g/mol. The van der Waals surface area contributed by atoms with Gasteiger partial charge in [-0.15, -0.1) is 0 Å². The van der Waals surface area contributed by atoms with Crippen LogP contribution in [0.5, 0.6) is 5.75 Å². The lowest BCUT2D eigenvalue weighted by Gasteiger charge is -2.31. The predicted molar refractivity (Wildman–Crippen MR) is 112 cm³/mol. The van der Waals surface area contributed by atoms with Gasteiger partial charge in [-0.3, -0.25) is 4.79 Å². The molecule has 1 fully saturated rings. The summed E-state index contributed by atoms with van der Waals surface area (Å²) < 4.78 is 11.3. The Labute approximate surface area is 178 Å². The first-order valence-corrected chi connectivity index (χ1v) is 10.00. The summed E-state index contributed by atoms with van der Waals surface area (Å²) in [6, 6.07) is 16.9. The Kier molecular flexibility index (Phi) is 5.84. The summed E-state index contributed by atoms with van der Waals surface area (Å²) in [5, 5.41) is 20.0. The Bertz CT molecular complexity index is 1140. The van der Waals surface area contributed by atoms with Crippen molar-refractivity contribution in [3.05, 3.63) is 59.1 Å². The topological polar surface area (TPSA) is 92.4 Å². The van der Waals surface area contributed by atoms with E-state index in [4.69, 9.17) is 26.2 Å². The van der Waals surface area contributed by atoms with Gasteiger partial charge in [0.25, 0.3) is 0 Å². The van der Waals surface area contributed by atoms with Crippen molar-refractivity contribution >= 4 is 28.5 Å². The number of nitrogens with zero attached hydrogens (tertiary/aromatic N) is 2. The number of aromatic nitrogens is 1. The number of carboxylic acid groups (broad SMARTS) is 1. The van der Waals surface area contributed by atoms with E-state index in [1.807, 2.05) is 30.3 Å². The molecule has 0 aliphatic heterocycles. The third kappa shape index (κ3) is 4.23. The van der Waals surface area contributed by atoms with Crippen molar-refractivity contribution in [2.24, 2.45) is 5.92 Å². The van der Waals surface area contributed by atoms with Gasteiger partial charge in [-0.25, -0.2) is 4.98 Å². The maximum atomic E-state index is 10.8. The molecule has 0 radical (unpaired) electrons. The number of para-hydroxylation sites is 1. The Morgan fingerprint density at radius 2 is 2.03 bits per heavy atom. The number of nitriles is 1. The van der Waals surface area contributed by atoms with Gasteiger partial charge in [0.05, 0.1) is 46.5 Å². The van der Waals surface area contributed by atoms with E-state index in [-0.39, 0.29) is 12.0 Å². The number of rotatable bonds is 7. The van der Waals surface area contributed by atoms with Crippen molar-refractivity contribution in [3.8, 4) is 23.1 Å². The molecule has 3 aromatic rings. The second-order valence-corrected chi connectivity index (χ2v) is 7.58. The molecule has 6 nitrogen and oxygen atoms in total. The summed E-state index contributed by atoms with van der Waals surface area (Å²) in [5.41, 5.74) is 2.52. The van der Waals surface area contributed by atoms with Gasteiger partial charge in [0.2, 0.25) is 0 Å². The van der Waals surface area contributed by atoms with Crippen molar-refractivity contribution in [2.75, 3.05) is 13.2 Å². The number of fused-ring (bicyclic) bond motifs is 1. The molecule has 1 aliphatic rings. The monoisotopic (exact) mass is 422 g/mol. The molecule has 0 atom stereocenters. The van der Waals surface area contributed by atoms with E-state index >= 15 is 0 Å². The highest BCUT2D eigenvalue weighted by Crippen LogP contribution is 2.31. The molecule has 0 spiro atoms. The van der Waals surface area contributed by atoms with Crippen LogP contribution in [0.4, 0.5) is 0 Å². The Morgan fingerprint density at radius 1 is 1.20 bits per heavy atom. The number of ether oxygens (including phenoxy) is 2. The zero-order chi connectivity index (χ0) is 21.1. The molecule has 7 heteroatoms. The van der Waals surface area contributed by atoms with E-state index in [1.54, 1.807) is 18.2 Å². The number of carbonyl (C=O) groups is 1. The van der Waals surface area contributed by atoms with Crippen LogP contribution in [-0.2, 0) is 9.53 Å². The third-order valence-electron chi connectivity index (χ3n) is 5.21. The van der Waals surface area contributed by atoms with E-state index < -0.39 is 5.97 Å². The fraction of sp³-hybridized carbons (Fsp3) is 0.261. The van der Waals surface area contributed by atoms with Crippen LogP contribution >= 0.6 is 11.6 Å². The van der Waals surface area contributed by atoms with Gasteiger partial charge in [-0.2, -0.15) is 5.26 Å². The van der Waals surface area contributed by atoms with Crippen LogP contribution in [0, 0.1) is 17.2 Å². The highest BCUT2D eigenvalue weighted by molar-refractivity contribution is 6.35.